The molecule has 20 heavy (non-hydrogen) atoms. The number of rotatable bonds is 6. The van der Waals surface area contributed by atoms with Gasteiger partial charge in [-0.3, -0.25) is 0 Å². The van der Waals surface area contributed by atoms with Crippen molar-refractivity contribution in [1.29, 1.82) is 0 Å². The summed E-state index contributed by atoms with van der Waals surface area (Å²) in [6.45, 7) is 5.66. The van der Waals surface area contributed by atoms with Gasteiger partial charge in [0.2, 0.25) is 0 Å². The highest BCUT2D eigenvalue weighted by Gasteiger charge is 2.35. The molecule has 0 aliphatic rings. The van der Waals surface area contributed by atoms with E-state index in [1.165, 1.54) is 19.9 Å². The molecule has 1 aromatic rings. The lowest BCUT2D eigenvalue weighted by atomic mass is 10.1. The molecule has 6 heteroatoms. The number of alkyl halides is 3. The van der Waals surface area contributed by atoms with Crippen molar-refractivity contribution in [3.05, 3.63) is 29.3 Å². The Morgan fingerprint density at radius 1 is 1.25 bits per heavy atom. The van der Waals surface area contributed by atoms with Crippen LogP contribution in [0, 0.1) is 0 Å². The second-order valence-electron chi connectivity index (χ2n) is 5.21. The number of ether oxygens (including phenoxy) is 1. The van der Waals surface area contributed by atoms with E-state index in [0.717, 1.165) is 6.07 Å². The van der Waals surface area contributed by atoms with E-state index >= 15 is 0 Å². The first-order valence-corrected chi connectivity index (χ1v) is 6.39. The summed E-state index contributed by atoms with van der Waals surface area (Å²) in [5, 5.41) is 12.5. The van der Waals surface area contributed by atoms with Crippen molar-refractivity contribution in [2.24, 2.45) is 0 Å². The summed E-state index contributed by atoms with van der Waals surface area (Å²) in [7, 11) is 0. The Kier molecular flexibility index (Phi) is 5.42. The Labute approximate surface area is 116 Å². The SMILES string of the molecule is CCNCc1ccc(OCC(C)(C)O)c(C(F)(F)F)c1. The molecule has 0 radical (unpaired) electrons. The molecule has 0 atom stereocenters. The Morgan fingerprint density at radius 3 is 2.40 bits per heavy atom. The molecule has 0 fully saturated rings. The summed E-state index contributed by atoms with van der Waals surface area (Å²) >= 11 is 0. The van der Waals surface area contributed by atoms with Gasteiger partial charge in [0, 0.05) is 6.54 Å². The minimum Gasteiger partial charge on any atom is -0.490 e. The molecule has 0 saturated heterocycles. The zero-order chi connectivity index (χ0) is 15.4. The normalized spacial score (nSPS) is 12.6. The van der Waals surface area contributed by atoms with Gasteiger partial charge in [-0.05, 0) is 38.1 Å². The van der Waals surface area contributed by atoms with Crippen molar-refractivity contribution in [2.45, 2.75) is 39.1 Å². The van der Waals surface area contributed by atoms with Crippen LogP contribution in [0.15, 0.2) is 18.2 Å². The maximum atomic E-state index is 13.0. The lowest BCUT2D eigenvalue weighted by Crippen LogP contribution is -2.28. The van der Waals surface area contributed by atoms with E-state index in [1.807, 2.05) is 6.92 Å². The van der Waals surface area contributed by atoms with Gasteiger partial charge >= 0.3 is 6.18 Å². The van der Waals surface area contributed by atoms with Gasteiger partial charge in [0.15, 0.2) is 0 Å². The predicted octanol–water partition coefficient (Wildman–Crippen LogP) is 2.96. The van der Waals surface area contributed by atoms with E-state index in [4.69, 9.17) is 4.74 Å². The fourth-order valence-electron chi connectivity index (χ4n) is 1.56. The van der Waals surface area contributed by atoms with Crippen LogP contribution in [-0.2, 0) is 12.7 Å². The first kappa shape index (κ1) is 16.8. The molecule has 1 rings (SSSR count). The van der Waals surface area contributed by atoms with Gasteiger partial charge in [-0.25, -0.2) is 0 Å². The van der Waals surface area contributed by atoms with Gasteiger partial charge in [-0.1, -0.05) is 13.0 Å². The minimum atomic E-state index is -4.49. The third-order valence-electron chi connectivity index (χ3n) is 2.51. The lowest BCUT2D eigenvalue weighted by molar-refractivity contribution is -0.139. The largest absolute Gasteiger partial charge is 0.490 e. The molecule has 1 aromatic carbocycles. The average molecular weight is 291 g/mol. The molecule has 0 aliphatic heterocycles. The number of nitrogens with one attached hydrogen (secondary N) is 1. The van der Waals surface area contributed by atoms with Crippen molar-refractivity contribution >= 4 is 0 Å². The Hall–Kier alpha value is -1.27. The molecule has 0 amide bonds. The highest BCUT2D eigenvalue weighted by Crippen LogP contribution is 2.37. The molecule has 114 valence electrons. The molecule has 0 unspecified atom stereocenters. The maximum Gasteiger partial charge on any atom is 0.419 e. The summed E-state index contributed by atoms with van der Waals surface area (Å²) in [5.41, 5.74) is -1.47. The summed E-state index contributed by atoms with van der Waals surface area (Å²) < 4.78 is 44.1. The molecular weight excluding hydrogens is 271 g/mol. The zero-order valence-corrected chi connectivity index (χ0v) is 11.8. The molecule has 0 spiro atoms. The van der Waals surface area contributed by atoms with Gasteiger partial charge < -0.3 is 15.2 Å². The van der Waals surface area contributed by atoms with Crippen LogP contribution >= 0.6 is 0 Å². The van der Waals surface area contributed by atoms with Gasteiger partial charge in [0.25, 0.3) is 0 Å². The van der Waals surface area contributed by atoms with Crippen molar-refractivity contribution in [3.8, 4) is 5.75 Å². The first-order chi connectivity index (χ1) is 9.13. The summed E-state index contributed by atoms with van der Waals surface area (Å²) in [6, 6.07) is 3.95. The number of aliphatic hydroxyl groups is 1. The second-order valence-corrected chi connectivity index (χ2v) is 5.21. The van der Waals surface area contributed by atoms with Crippen LogP contribution < -0.4 is 10.1 Å². The van der Waals surface area contributed by atoms with E-state index in [9.17, 15) is 18.3 Å². The van der Waals surface area contributed by atoms with Crippen LogP contribution in [0.3, 0.4) is 0 Å². The standard InChI is InChI=1S/C14H20F3NO2/c1-4-18-8-10-5-6-12(20-9-13(2,3)19)11(7-10)14(15,16)17/h5-7,18-19H,4,8-9H2,1-3H3. The highest BCUT2D eigenvalue weighted by molar-refractivity contribution is 5.39. The average Bonchev–Trinajstić information content (AvgIpc) is 2.32. The molecule has 0 heterocycles. The summed E-state index contributed by atoms with van der Waals surface area (Å²) in [5.74, 6) is -0.264. The fourth-order valence-corrected chi connectivity index (χ4v) is 1.56. The predicted molar refractivity (Wildman–Crippen MR) is 70.6 cm³/mol. The minimum absolute atomic E-state index is 0.206. The molecule has 0 saturated carbocycles. The molecule has 0 aromatic heterocycles. The number of hydrogen-bond donors (Lipinski definition) is 2. The van der Waals surface area contributed by atoms with Gasteiger partial charge in [0.05, 0.1) is 11.2 Å². The Morgan fingerprint density at radius 2 is 1.90 bits per heavy atom. The molecule has 2 N–H and O–H groups in total. The smallest absolute Gasteiger partial charge is 0.419 e. The molecule has 0 aliphatic carbocycles. The van der Waals surface area contributed by atoms with Crippen molar-refractivity contribution in [3.63, 3.8) is 0 Å². The molecule has 0 bridgehead atoms. The van der Waals surface area contributed by atoms with Gasteiger partial charge in [-0.2, -0.15) is 13.2 Å². The van der Waals surface area contributed by atoms with E-state index in [1.54, 1.807) is 6.07 Å². The van der Waals surface area contributed by atoms with Crippen molar-refractivity contribution in [2.75, 3.05) is 13.2 Å². The van der Waals surface area contributed by atoms with Crippen LogP contribution in [0.4, 0.5) is 13.2 Å². The topological polar surface area (TPSA) is 41.5 Å². The zero-order valence-electron chi connectivity index (χ0n) is 11.8. The number of halogens is 3. The van der Waals surface area contributed by atoms with Crippen LogP contribution in [0.2, 0.25) is 0 Å². The van der Waals surface area contributed by atoms with E-state index in [-0.39, 0.29) is 12.4 Å². The van der Waals surface area contributed by atoms with Crippen LogP contribution in [-0.4, -0.2) is 23.9 Å². The van der Waals surface area contributed by atoms with Crippen molar-refractivity contribution < 1.29 is 23.0 Å². The first-order valence-electron chi connectivity index (χ1n) is 6.39. The Bertz CT molecular complexity index is 439. The quantitative estimate of drug-likeness (QED) is 0.846. The summed E-state index contributed by atoms with van der Waals surface area (Å²) in [6.07, 6.45) is -4.49. The van der Waals surface area contributed by atoms with Gasteiger partial charge in [0.1, 0.15) is 12.4 Å². The molecular formula is C14H20F3NO2. The van der Waals surface area contributed by atoms with E-state index in [0.29, 0.717) is 18.7 Å². The number of hydrogen-bond acceptors (Lipinski definition) is 3. The third kappa shape index (κ3) is 5.38. The van der Waals surface area contributed by atoms with Crippen LogP contribution in [0.1, 0.15) is 31.9 Å². The van der Waals surface area contributed by atoms with E-state index < -0.39 is 17.3 Å². The lowest BCUT2D eigenvalue weighted by Gasteiger charge is -2.20. The van der Waals surface area contributed by atoms with E-state index in [2.05, 4.69) is 5.32 Å². The van der Waals surface area contributed by atoms with Crippen molar-refractivity contribution in [1.82, 2.24) is 5.32 Å². The van der Waals surface area contributed by atoms with Crippen LogP contribution in [0.5, 0.6) is 5.75 Å². The number of benzene rings is 1. The van der Waals surface area contributed by atoms with Gasteiger partial charge in [-0.15, -0.1) is 0 Å². The monoisotopic (exact) mass is 291 g/mol. The van der Waals surface area contributed by atoms with Crippen LogP contribution in [0.25, 0.3) is 0 Å². The highest BCUT2D eigenvalue weighted by atomic mass is 19.4. The molecule has 3 nitrogen and oxygen atoms in total. The second kappa shape index (κ2) is 6.45. The fraction of sp³-hybridized carbons (Fsp3) is 0.571. The maximum absolute atomic E-state index is 13.0. The summed E-state index contributed by atoms with van der Waals surface area (Å²) in [4.78, 5) is 0. The third-order valence-corrected chi connectivity index (χ3v) is 2.51. The Balaban J connectivity index is 2.98.